The molecule has 1 aliphatic rings. The molecular formula is C18H23N5O2. The lowest BCUT2D eigenvalue weighted by Crippen LogP contribution is -2.21. The monoisotopic (exact) mass is 341 g/mol. The third kappa shape index (κ3) is 2.72. The summed E-state index contributed by atoms with van der Waals surface area (Å²) in [4.78, 5) is 14.2. The van der Waals surface area contributed by atoms with E-state index in [1.807, 2.05) is 26.8 Å². The first-order valence-corrected chi connectivity index (χ1v) is 8.76. The van der Waals surface area contributed by atoms with Crippen LogP contribution in [0.3, 0.4) is 0 Å². The molecule has 0 radical (unpaired) electrons. The van der Waals surface area contributed by atoms with E-state index in [-0.39, 0.29) is 0 Å². The second kappa shape index (κ2) is 5.91. The average Bonchev–Trinajstić information content (AvgIpc) is 3.14. The molecule has 4 heterocycles. The standard InChI is InChI=1S/C18H23N5O2/c1-11-10-12(16-21-17(22-25-16)18(2,3)24-4)14-15(19-11)23-9-7-5-6-8-13(23)20-14/h10H,5-9H2,1-4H3. The summed E-state index contributed by atoms with van der Waals surface area (Å²) in [6, 6.07) is 1.96. The molecule has 7 nitrogen and oxygen atoms in total. The number of fused-ring (bicyclic) bond motifs is 3. The van der Waals surface area contributed by atoms with Gasteiger partial charge >= 0.3 is 0 Å². The number of methoxy groups -OCH3 is 1. The lowest BCUT2D eigenvalue weighted by Gasteiger charge is -2.17. The molecule has 0 saturated heterocycles. The normalized spacial score (nSPS) is 15.4. The highest BCUT2D eigenvalue weighted by molar-refractivity contribution is 5.88. The lowest BCUT2D eigenvalue weighted by atomic mass is 10.1. The molecule has 4 rings (SSSR count). The third-order valence-corrected chi connectivity index (χ3v) is 4.90. The number of hydrogen-bond donors (Lipinski definition) is 0. The van der Waals surface area contributed by atoms with Gasteiger partial charge in [-0.05, 0) is 39.7 Å². The minimum atomic E-state index is -0.603. The SMILES string of the molecule is COC(C)(C)c1noc(-c2cc(C)nc3c2nc2n3CCCCC2)n1. The molecule has 25 heavy (non-hydrogen) atoms. The van der Waals surface area contributed by atoms with Gasteiger partial charge in [-0.3, -0.25) is 0 Å². The summed E-state index contributed by atoms with van der Waals surface area (Å²) in [5, 5.41) is 4.10. The van der Waals surface area contributed by atoms with Gasteiger partial charge in [0.2, 0.25) is 5.82 Å². The highest BCUT2D eigenvalue weighted by Crippen LogP contribution is 2.31. The zero-order chi connectivity index (χ0) is 17.6. The Bertz CT molecular complexity index is 925. The van der Waals surface area contributed by atoms with Crippen LogP contribution in [-0.2, 0) is 23.3 Å². The van der Waals surface area contributed by atoms with Crippen molar-refractivity contribution in [3.8, 4) is 11.5 Å². The zero-order valence-electron chi connectivity index (χ0n) is 15.2. The van der Waals surface area contributed by atoms with Crippen molar-refractivity contribution in [1.29, 1.82) is 0 Å². The molecule has 0 bridgehead atoms. The fourth-order valence-electron chi connectivity index (χ4n) is 3.25. The molecule has 132 valence electrons. The summed E-state index contributed by atoms with van der Waals surface area (Å²) < 4.78 is 13.2. The van der Waals surface area contributed by atoms with Crippen molar-refractivity contribution in [2.45, 2.75) is 58.6 Å². The van der Waals surface area contributed by atoms with E-state index in [1.54, 1.807) is 7.11 Å². The van der Waals surface area contributed by atoms with Crippen molar-refractivity contribution < 1.29 is 9.26 Å². The molecule has 0 atom stereocenters. The lowest BCUT2D eigenvalue weighted by molar-refractivity contribution is 0.00973. The van der Waals surface area contributed by atoms with Gasteiger partial charge in [-0.15, -0.1) is 0 Å². The second-order valence-electron chi connectivity index (χ2n) is 7.11. The van der Waals surface area contributed by atoms with Crippen molar-refractivity contribution in [2.75, 3.05) is 7.11 Å². The second-order valence-corrected chi connectivity index (χ2v) is 7.11. The minimum absolute atomic E-state index is 0.462. The number of nitrogens with zero attached hydrogens (tertiary/aromatic N) is 5. The van der Waals surface area contributed by atoms with Gasteiger partial charge in [0.25, 0.3) is 5.89 Å². The molecule has 0 amide bonds. The van der Waals surface area contributed by atoms with Crippen LogP contribution >= 0.6 is 0 Å². The highest BCUT2D eigenvalue weighted by Gasteiger charge is 2.28. The molecule has 3 aromatic heterocycles. The van der Waals surface area contributed by atoms with E-state index in [0.717, 1.165) is 47.6 Å². The van der Waals surface area contributed by atoms with Gasteiger partial charge in [-0.2, -0.15) is 4.98 Å². The molecule has 0 fully saturated rings. The number of hydrogen-bond acceptors (Lipinski definition) is 6. The first-order valence-electron chi connectivity index (χ1n) is 8.76. The first-order chi connectivity index (χ1) is 12.0. The van der Waals surface area contributed by atoms with Crippen LogP contribution < -0.4 is 0 Å². The fraction of sp³-hybridized carbons (Fsp3) is 0.556. The molecule has 0 aliphatic carbocycles. The van der Waals surface area contributed by atoms with Crippen molar-refractivity contribution in [1.82, 2.24) is 24.7 Å². The van der Waals surface area contributed by atoms with E-state index in [0.29, 0.717) is 11.7 Å². The molecule has 0 aromatic carbocycles. The summed E-state index contributed by atoms with van der Waals surface area (Å²) in [6.07, 6.45) is 4.56. The Labute approximate surface area is 146 Å². The van der Waals surface area contributed by atoms with Gasteiger partial charge in [0.15, 0.2) is 5.65 Å². The summed E-state index contributed by atoms with van der Waals surface area (Å²) in [7, 11) is 1.64. The quantitative estimate of drug-likeness (QED) is 0.726. The van der Waals surface area contributed by atoms with E-state index in [9.17, 15) is 0 Å². The van der Waals surface area contributed by atoms with Crippen LogP contribution in [0.25, 0.3) is 22.6 Å². The summed E-state index contributed by atoms with van der Waals surface area (Å²) >= 11 is 0. The predicted molar refractivity (Wildman–Crippen MR) is 93.1 cm³/mol. The van der Waals surface area contributed by atoms with E-state index >= 15 is 0 Å². The number of pyridine rings is 1. The molecule has 0 spiro atoms. The Morgan fingerprint density at radius 1 is 1.16 bits per heavy atom. The maximum absolute atomic E-state index is 5.54. The Hall–Kier alpha value is -2.28. The topological polar surface area (TPSA) is 78.9 Å². The first kappa shape index (κ1) is 16.2. The van der Waals surface area contributed by atoms with Crippen molar-refractivity contribution in [3.63, 3.8) is 0 Å². The van der Waals surface area contributed by atoms with Gasteiger partial charge in [-0.25, -0.2) is 9.97 Å². The maximum Gasteiger partial charge on any atom is 0.260 e. The Morgan fingerprint density at radius 3 is 2.80 bits per heavy atom. The van der Waals surface area contributed by atoms with Crippen LogP contribution in [0.5, 0.6) is 0 Å². The van der Waals surface area contributed by atoms with Crippen molar-refractivity contribution >= 4 is 11.2 Å². The maximum atomic E-state index is 5.54. The van der Waals surface area contributed by atoms with E-state index in [4.69, 9.17) is 19.2 Å². The molecule has 0 saturated carbocycles. The molecular weight excluding hydrogens is 318 g/mol. The minimum Gasteiger partial charge on any atom is -0.371 e. The average molecular weight is 341 g/mol. The predicted octanol–water partition coefficient (Wildman–Crippen LogP) is 3.40. The largest absolute Gasteiger partial charge is 0.371 e. The molecule has 7 heteroatoms. The van der Waals surface area contributed by atoms with Gasteiger partial charge in [0.1, 0.15) is 16.9 Å². The van der Waals surface area contributed by atoms with Crippen LogP contribution in [0.1, 0.15) is 50.5 Å². The van der Waals surface area contributed by atoms with E-state index in [2.05, 4.69) is 14.7 Å². The Morgan fingerprint density at radius 2 is 2.00 bits per heavy atom. The van der Waals surface area contributed by atoms with E-state index in [1.165, 1.54) is 12.8 Å². The highest BCUT2D eigenvalue weighted by atomic mass is 16.5. The van der Waals surface area contributed by atoms with Crippen LogP contribution in [0.4, 0.5) is 0 Å². The number of rotatable bonds is 3. The molecule has 0 N–H and O–H groups in total. The zero-order valence-corrected chi connectivity index (χ0v) is 15.2. The van der Waals surface area contributed by atoms with Crippen LogP contribution in [0, 0.1) is 6.92 Å². The molecule has 0 unspecified atom stereocenters. The number of aryl methyl sites for hydroxylation is 3. The summed E-state index contributed by atoms with van der Waals surface area (Å²) in [6.45, 7) is 6.77. The van der Waals surface area contributed by atoms with Crippen LogP contribution in [0.2, 0.25) is 0 Å². The van der Waals surface area contributed by atoms with Crippen LogP contribution in [0.15, 0.2) is 10.6 Å². The van der Waals surface area contributed by atoms with E-state index < -0.39 is 5.60 Å². The smallest absolute Gasteiger partial charge is 0.260 e. The Kier molecular flexibility index (Phi) is 3.83. The Balaban J connectivity index is 1.88. The van der Waals surface area contributed by atoms with Gasteiger partial charge in [0.05, 0.1) is 5.56 Å². The van der Waals surface area contributed by atoms with Gasteiger partial charge in [0, 0.05) is 25.8 Å². The number of ether oxygens (including phenoxy) is 1. The molecule has 3 aromatic rings. The van der Waals surface area contributed by atoms with Crippen LogP contribution in [-0.4, -0.2) is 31.8 Å². The summed E-state index contributed by atoms with van der Waals surface area (Å²) in [5.74, 6) is 2.08. The third-order valence-electron chi connectivity index (χ3n) is 4.90. The van der Waals surface area contributed by atoms with Gasteiger partial charge in [-0.1, -0.05) is 11.6 Å². The number of aromatic nitrogens is 5. The fourth-order valence-corrected chi connectivity index (χ4v) is 3.25. The van der Waals surface area contributed by atoms with Gasteiger partial charge < -0.3 is 13.8 Å². The van der Waals surface area contributed by atoms with Crippen molar-refractivity contribution in [2.24, 2.45) is 0 Å². The number of imidazole rings is 1. The van der Waals surface area contributed by atoms with Crippen molar-refractivity contribution in [3.05, 3.63) is 23.4 Å². The summed E-state index contributed by atoms with van der Waals surface area (Å²) in [5.41, 5.74) is 2.91. The molecule has 1 aliphatic heterocycles.